The van der Waals surface area contributed by atoms with Gasteiger partial charge in [0, 0.05) is 50.7 Å². The predicted molar refractivity (Wildman–Crippen MR) is 95.2 cm³/mol. The second-order valence-corrected chi connectivity index (χ2v) is 7.37. The number of piperazine rings is 1. The Kier molecular flexibility index (Phi) is 4.50. The molecule has 3 aliphatic rings. The van der Waals surface area contributed by atoms with Crippen LogP contribution in [0.2, 0.25) is 0 Å². The zero-order chi connectivity index (χ0) is 18.3. The van der Waals surface area contributed by atoms with Gasteiger partial charge in [-0.05, 0) is 24.5 Å². The number of rotatable bonds is 3. The van der Waals surface area contributed by atoms with Crippen molar-refractivity contribution >= 4 is 17.7 Å². The first kappa shape index (κ1) is 17.2. The molecule has 0 radical (unpaired) electrons. The van der Waals surface area contributed by atoms with Gasteiger partial charge in [-0.15, -0.1) is 0 Å². The first-order chi connectivity index (χ1) is 12.5. The number of nitrogens with zero attached hydrogens (tertiary/aromatic N) is 2. The number of hydrogen-bond acceptors (Lipinski definition) is 5. The first-order valence-electron chi connectivity index (χ1n) is 9.25. The van der Waals surface area contributed by atoms with Crippen molar-refractivity contribution in [3.05, 3.63) is 34.9 Å². The molecule has 0 aliphatic carbocycles. The molecule has 0 bridgehead atoms. The second-order valence-electron chi connectivity index (χ2n) is 7.37. The molecule has 3 amide bonds. The predicted octanol–water partition coefficient (Wildman–Crippen LogP) is 0.241. The van der Waals surface area contributed by atoms with Crippen molar-refractivity contribution in [3.8, 4) is 0 Å². The largest absolute Gasteiger partial charge is 0.322 e. The van der Waals surface area contributed by atoms with Crippen molar-refractivity contribution in [2.75, 3.05) is 19.6 Å². The summed E-state index contributed by atoms with van der Waals surface area (Å²) in [5.74, 6) is -0.712. The fraction of sp³-hybridized carbons (Fsp3) is 0.526. The Morgan fingerprint density at radius 2 is 2.08 bits per heavy atom. The Labute approximate surface area is 152 Å². The SMILES string of the molecule is CC1CNCCN1Cc1cccc2c1C(=O)N(C1CCC(=O)NC1=O)C2. The van der Waals surface area contributed by atoms with Crippen LogP contribution in [0.4, 0.5) is 0 Å². The van der Waals surface area contributed by atoms with Crippen LogP contribution in [0, 0.1) is 0 Å². The molecule has 2 N–H and O–H groups in total. The van der Waals surface area contributed by atoms with E-state index in [1.807, 2.05) is 18.2 Å². The highest BCUT2D eigenvalue weighted by Gasteiger charge is 2.40. The molecule has 2 fully saturated rings. The maximum atomic E-state index is 13.1. The van der Waals surface area contributed by atoms with Gasteiger partial charge in [-0.2, -0.15) is 0 Å². The van der Waals surface area contributed by atoms with Gasteiger partial charge in [0.15, 0.2) is 0 Å². The van der Waals surface area contributed by atoms with Crippen LogP contribution in [-0.4, -0.2) is 59.2 Å². The highest BCUT2D eigenvalue weighted by atomic mass is 16.2. The van der Waals surface area contributed by atoms with E-state index in [9.17, 15) is 14.4 Å². The minimum absolute atomic E-state index is 0.0899. The van der Waals surface area contributed by atoms with Crippen LogP contribution >= 0.6 is 0 Å². The number of benzene rings is 1. The summed E-state index contributed by atoms with van der Waals surface area (Å²) >= 11 is 0. The summed E-state index contributed by atoms with van der Waals surface area (Å²) in [5.41, 5.74) is 2.74. The molecular weight excluding hydrogens is 332 g/mol. The number of carbonyl (C=O) groups excluding carboxylic acids is 3. The monoisotopic (exact) mass is 356 g/mol. The summed E-state index contributed by atoms with van der Waals surface area (Å²) in [6, 6.07) is 5.83. The van der Waals surface area contributed by atoms with Gasteiger partial charge >= 0.3 is 0 Å². The second kappa shape index (κ2) is 6.81. The Bertz CT molecular complexity index is 763. The molecule has 3 aliphatic heterocycles. The lowest BCUT2D eigenvalue weighted by Gasteiger charge is -2.34. The quantitative estimate of drug-likeness (QED) is 0.759. The van der Waals surface area contributed by atoms with Crippen molar-refractivity contribution < 1.29 is 14.4 Å². The third-order valence-electron chi connectivity index (χ3n) is 5.65. The van der Waals surface area contributed by atoms with Crippen molar-refractivity contribution in [2.24, 2.45) is 0 Å². The van der Waals surface area contributed by atoms with Gasteiger partial charge in [-0.1, -0.05) is 18.2 Å². The molecule has 0 saturated carbocycles. The first-order valence-corrected chi connectivity index (χ1v) is 9.25. The lowest BCUT2D eigenvalue weighted by atomic mass is 10.0. The molecule has 7 nitrogen and oxygen atoms in total. The van der Waals surface area contributed by atoms with E-state index in [-0.39, 0.29) is 24.1 Å². The molecule has 1 aromatic rings. The van der Waals surface area contributed by atoms with Crippen molar-refractivity contribution in [3.63, 3.8) is 0 Å². The third-order valence-corrected chi connectivity index (χ3v) is 5.65. The summed E-state index contributed by atoms with van der Waals surface area (Å²) in [6.45, 7) is 6.22. The van der Waals surface area contributed by atoms with Crippen LogP contribution in [0.3, 0.4) is 0 Å². The van der Waals surface area contributed by atoms with E-state index >= 15 is 0 Å². The van der Waals surface area contributed by atoms with Gasteiger partial charge in [0.05, 0.1) is 0 Å². The summed E-state index contributed by atoms with van der Waals surface area (Å²) in [7, 11) is 0. The van der Waals surface area contributed by atoms with E-state index in [0.29, 0.717) is 19.0 Å². The van der Waals surface area contributed by atoms with Crippen LogP contribution in [0.25, 0.3) is 0 Å². The smallest absolute Gasteiger partial charge is 0.255 e. The average molecular weight is 356 g/mol. The van der Waals surface area contributed by atoms with Gasteiger partial charge in [0.2, 0.25) is 11.8 Å². The Morgan fingerprint density at radius 3 is 2.85 bits per heavy atom. The van der Waals surface area contributed by atoms with E-state index < -0.39 is 6.04 Å². The molecule has 3 heterocycles. The van der Waals surface area contributed by atoms with Crippen molar-refractivity contribution in [2.45, 2.75) is 44.9 Å². The van der Waals surface area contributed by atoms with Crippen LogP contribution in [0.1, 0.15) is 41.3 Å². The van der Waals surface area contributed by atoms with E-state index in [1.165, 1.54) is 0 Å². The zero-order valence-electron chi connectivity index (χ0n) is 15.0. The van der Waals surface area contributed by atoms with Crippen LogP contribution in [0.15, 0.2) is 18.2 Å². The molecule has 2 saturated heterocycles. The zero-order valence-corrected chi connectivity index (χ0v) is 15.0. The topological polar surface area (TPSA) is 81.8 Å². The van der Waals surface area contributed by atoms with E-state index in [0.717, 1.165) is 42.9 Å². The molecule has 1 aromatic carbocycles. The summed E-state index contributed by atoms with van der Waals surface area (Å²) < 4.78 is 0. The number of hydrogen-bond donors (Lipinski definition) is 2. The highest BCUT2D eigenvalue weighted by Crippen LogP contribution is 2.30. The maximum Gasteiger partial charge on any atom is 0.255 e. The van der Waals surface area contributed by atoms with Crippen molar-refractivity contribution in [1.82, 2.24) is 20.4 Å². The molecule has 7 heteroatoms. The van der Waals surface area contributed by atoms with E-state index in [1.54, 1.807) is 4.90 Å². The van der Waals surface area contributed by atoms with E-state index in [4.69, 9.17) is 0 Å². The Balaban J connectivity index is 1.57. The Morgan fingerprint density at radius 1 is 1.23 bits per heavy atom. The van der Waals surface area contributed by atoms with Crippen LogP contribution < -0.4 is 10.6 Å². The number of carbonyl (C=O) groups is 3. The summed E-state index contributed by atoms with van der Waals surface area (Å²) in [4.78, 5) is 40.7. The molecule has 2 unspecified atom stereocenters. The molecule has 26 heavy (non-hydrogen) atoms. The van der Waals surface area contributed by atoms with Gasteiger partial charge in [0.25, 0.3) is 5.91 Å². The maximum absolute atomic E-state index is 13.1. The number of amides is 3. The molecule has 138 valence electrons. The van der Waals surface area contributed by atoms with Gasteiger partial charge in [0.1, 0.15) is 6.04 Å². The minimum atomic E-state index is -0.557. The van der Waals surface area contributed by atoms with Crippen molar-refractivity contribution in [1.29, 1.82) is 0 Å². The van der Waals surface area contributed by atoms with E-state index in [2.05, 4.69) is 22.5 Å². The molecule has 0 spiro atoms. The molecule has 2 atom stereocenters. The molecule has 0 aromatic heterocycles. The summed E-state index contributed by atoms with van der Waals surface area (Å²) in [5, 5.41) is 5.73. The number of nitrogens with one attached hydrogen (secondary N) is 2. The average Bonchev–Trinajstić information content (AvgIpc) is 2.95. The number of imide groups is 1. The van der Waals surface area contributed by atoms with Crippen LogP contribution in [0.5, 0.6) is 0 Å². The molecular formula is C19H24N4O3. The fourth-order valence-corrected chi connectivity index (χ4v) is 4.16. The normalized spacial score (nSPS) is 26.8. The highest BCUT2D eigenvalue weighted by molar-refractivity contribution is 6.05. The minimum Gasteiger partial charge on any atom is -0.322 e. The third kappa shape index (κ3) is 3.01. The number of piperidine rings is 1. The van der Waals surface area contributed by atoms with Gasteiger partial charge < -0.3 is 10.2 Å². The summed E-state index contributed by atoms with van der Waals surface area (Å²) in [6.07, 6.45) is 0.677. The van der Waals surface area contributed by atoms with Gasteiger partial charge in [-0.3, -0.25) is 24.6 Å². The lowest BCUT2D eigenvalue weighted by Crippen LogP contribution is -2.52. The van der Waals surface area contributed by atoms with Gasteiger partial charge in [-0.25, -0.2) is 0 Å². The lowest BCUT2D eigenvalue weighted by molar-refractivity contribution is -0.136. The number of fused-ring (bicyclic) bond motifs is 1. The standard InChI is InChI=1S/C19H24N4O3/c1-12-9-20-7-8-22(12)10-13-3-2-4-14-11-23(19(26)17(13)14)15-5-6-16(24)21-18(15)25/h2-4,12,15,20H,5-11H2,1H3,(H,21,24,25). The Hall–Kier alpha value is -2.25. The molecule has 4 rings (SSSR count). The van der Waals surface area contributed by atoms with Crippen LogP contribution in [-0.2, 0) is 22.7 Å². The fourth-order valence-electron chi connectivity index (χ4n) is 4.16.